The molecule has 0 saturated carbocycles. The molecule has 8 nitrogen and oxygen atoms in total. The average Bonchev–Trinajstić information content (AvgIpc) is 2.91. The molecule has 1 atom stereocenters. The Kier molecular flexibility index (Phi) is 10.6. The lowest BCUT2D eigenvalue weighted by Gasteiger charge is -2.32. The minimum Gasteiger partial charge on any atom is -0.494 e. The maximum atomic E-state index is 13.9. The van der Waals surface area contributed by atoms with Gasteiger partial charge in [0.15, 0.2) is 0 Å². The number of benzene rings is 3. The van der Waals surface area contributed by atoms with Gasteiger partial charge in [-0.2, -0.15) is 0 Å². The third-order valence-corrected chi connectivity index (χ3v) is 8.23. The maximum absolute atomic E-state index is 13.9. The van der Waals surface area contributed by atoms with Crippen LogP contribution < -0.4 is 14.4 Å². The number of ether oxygens (including phenoxy) is 1. The lowest BCUT2D eigenvalue weighted by molar-refractivity contribution is -0.139. The minimum atomic E-state index is -4.16. The smallest absolute Gasteiger partial charge is 0.264 e. The van der Waals surface area contributed by atoms with Crippen molar-refractivity contribution in [3.05, 3.63) is 88.9 Å². The van der Waals surface area contributed by atoms with Gasteiger partial charge in [0.05, 0.1) is 17.2 Å². The second kappa shape index (κ2) is 13.7. The third kappa shape index (κ3) is 7.99. The molecule has 0 fully saturated rings. The SMILES string of the molecule is CCOc1ccc(S(=O)(=O)N(CC(=O)N(Cc2ccc(Cl)cc2)[C@@H](C)C(=O)NC(C)C)c2ccc(C)cc2)cc1. The van der Waals surface area contributed by atoms with Gasteiger partial charge >= 0.3 is 0 Å². The number of aryl methyl sites for hydroxylation is 1. The molecule has 10 heteroatoms. The third-order valence-electron chi connectivity index (χ3n) is 6.19. The second-order valence-electron chi connectivity index (χ2n) is 9.74. The summed E-state index contributed by atoms with van der Waals surface area (Å²) < 4.78 is 34.3. The van der Waals surface area contributed by atoms with Crippen LogP contribution >= 0.6 is 11.6 Å². The van der Waals surface area contributed by atoms with Crippen molar-refractivity contribution in [1.29, 1.82) is 0 Å². The molecule has 0 aliphatic carbocycles. The minimum absolute atomic E-state index is 0.0131. The standard InChI is InChI=1S/C30H36ClN3O5S/c1-6-39-27-15-17-28(18-16-27)40(37,38)34(26-13-7-22(4)8-14-26)20-29(35)33(23(5)30(36)32-21(2)3)19-24-9-11-25(31)12-10-24/h7-18,21,23H,6,19-20H2,1-5H3,(H,32,36)/t23-/m0/s1. The summed E-state index contributed by atoms with van der Waals surface area (Å²) in [6.45, 7) is 9.05. The highest BCUT2D eigenvalue weighted by Crippen LogP contribution is 2.26. The average molecular weight is 586 g/mol. The topological polar surface area (TPSA) is 96.0 Å². The molecule has 40 heavy (non-hydrogen) atoms. The number of hydrogen-bond donors (Lipinski definition) is 1. The van der Waals surface area contributed by atoms with E-state index in [9.17, 15) is 18.0 Å². The monoisotopic (exact) mass is 585 g/mol. The van der Waals surface area contributed by atoms with Crippen LogP contribution in [0.25, 0.3) is 0 Å². The molecular formula is C30H36ClN3O5S. The normalized spacial score (nSPS) is 12.1. The van der Waals surface area contributed by atoms with E-state index in [2.05, 4.69) is 5.32 Å². The zero-order valence-corrected chi connectivity index (χ0v) is 25.0. The number of amides is 2. The van der Waals surface area contributed by atoms with E-state index >= 15 is 0 Å². The van der Waals surface area contributed by atoms with E-state index < -0.39 is 28.5 Å². The molecule has 0 heterocycles. The van der Waals surface area contributed by atoms with Crippen molar-refractivity contribution in [2.75, 3.05) is 17.5 Å². The summed E-state index contributed by atoms with van der Waals surface area (Å²) in [5.74, 6) is -0.330. The van der Waals surface area contributed by atoms with E-state index in [1.165, 1.54) is 17.0 Å². The Labute approximate surface area is 241 Å². The Morgan fingerprint density at radius 2 is 1.52 bits per heavy atom. The molecule has 214 valence electrons. The number of carbonyl (C=O) groups excluding carboxylic acids is 2. The van der Waals surface area contributed by atoms with Crippen LogP contribution in [0.4, 0.5) is 5.69 Å². The number of carbonyl (C=O) groups is 2. The van der Waals surface area contributed by atoms with Crippen molar-refractivity contribution in [1.82, 2.24) is 10.2 Å². The summed E-state index contributed by atoms with van der Waals surface area (Å²) in [6, 6.07) is 18.9. The van der Waals surface area contributed by atoms with E-state index in [0.717, 1.165) is 15.4 Å². The molecule has 0 saturated heterocycles. The van der Waals surface area contributed by atoms with E-state index in [4.69, 9.17) is 16.3 Å². The Balaban J connectivity index is 2.01. The van der Waals surface area contributed by atoms with Gasteiger partial charge in [0.25, 0.3) is 10.0 Å². The second-order valence-corrected chi connectivity index (χ2v) is 12.0. The molecule has 0 aromatic heterocycles. The van der Waals surface area contributed by atoms with Crippen molar-refractivity contribution in [2.45, 2.75) is 58.1 Å². The molecule has 0 radical (unpaired) electrons. The highest BCUT2D eigenvalue weighted by molar-refractivity contribution is 7.92. The lowest BCUT2D eigenvalue weighted by Crippen LogP contribution is -2.52. The largest absolute Gasteiger partial charge is 0.494 e. The van der Waals surface area contributed by atoms with Gasteiger partial charge in [-0.3, -0.25) is 13.9 Å². The molecule has 0 aliphatic rings. The summed E-state index contributed by atoms with van der Waals surface area (Å²) in [4.78, 5) is 28.3. The number of halogens is 1. The fourth-order valence-electron chi connectivity index (χ4n) is 4.02. The quantitative estimate of drug-likeness (QED) is 0.316. The lowest BCUT2D eigenvalue weighted by atomic mass is 10.1. The predicted molar refractivity (Wildman–Crippen MR) is 158 cm³/mol. The maximum Gasteiger partial charge on any atom is 0.264 e. The number of sulfonamides is 1. The van der Waals surface area contributed by atoms with Gasteiger partial charge in [-0.25, -0.2) is 8.42 Å². The summed E-state index contributed by atoms with van der Waals surface area (Å²) in [7, 11) is -4.16. The Morgan fingerprint density at radius 3 is 2.08 bits per heavy atom. The van der Waals surface area contributed by atoms with Gasteiger partial charge in [0, 0.05) is 17.6 Å². The number of nitrogens with one attached hydrogen (secondary N) is 1. The van der Waals surface area contributed by atoms with Crippen LogP contribution in [0.1, 0.15) is 38.8 Å². The number of hydrogen-bond acceptors (Lipinski definition) is 5. The van der Waals surface area contributed by atoms with Crippen LogP contribution in [-0.4, -0.2) is 50.4 Å². The molecule has 3 rings (SSSR count). The number of rotatable bonds is 12. The molecule has 0 spiro atoms. The molecule has 3 aromatic rings. The summed E-state index contributed by atoms with van der Waals surface area (Å²) in [5, 5.41) is 3.38. The van der Waals surface area contributed by atoms with Crippen LogP contribution in [-0.2, 0) is 26.2 Å². The number of nitrogens with zero attached hydrogens (tertiary/aromatic N) is 2. The van der Waals surface area contributed by atoms with Gasteiger partial charge in [-0.1, -0.05) is 41.4 Å². The van der Waals surface area contributed by atoms with E-state index in [-0.39, 0.29) is 23.4 Å². The molecular weight excluding hydrogens is 550 g/mol. The van der Waals surface area contributed by atoms with Crippen LogP contribution in [0.3, 0.4) is 0 Å². The zero-order valence-electron chi connectivity index (χ0n) is 23.4. The van der Waals surface area contributed by atoms with Crippen LogP contribution in [0, 0.1) is 6.92 Å². The first-order valence-electron chi connectivity index (χ1n) is 13.1. The van der Waals surface area contributed by atoms with Crippen molar-refractivity contribution < 1.29 is 22.7 Å². The fourth-order valence-corrected chi connectivity index (χ4v) is 5.56. The van der Waals surface area contributed by atoms with E-state index in [0.29, 0.717) is 23.1 Å². The van der Waals surface area contributed by atoms with Crippen LogP contribution in [0.15, 0.2) is 77.7 Å². The van der Waals surface area contributed by atoms with Gasteiger partial charge < -0.3 is 15.0 Å². The Bertz CT molecular complexity index is 1390. The highest BCUT2D eigenvalue weighted by Gasteiger charge is 2.32. The summed E-state index contributed by atoms with van der Waals surface area (Å²) in [5.41, 5.74) is 2.02. The predicted octanol–water partition coefficient (Wildman–Crippen LogP) is 5.18. The highest BCUT2D eigenvalue weighted by atomic mass is 35.5. The Hall–Kier alpha value is -3.56. The van der Waals surface area contributed by atoms with Crippen molar-refractivity contribution >= 4 is 39.1 Å². The molecule has 1 N–H and O–H groups in total. The molecule has 3 aromatic carbocycles. The van der Waals surface area contributed by atoms with Gasteiger partial charge in [0.2, 0.25) is 11.8 Å². The molecule has 0 bridgehead atoms. The van der Waals surface area contributed by atoms with E-state index in [1.807, 2.05) is 27.7 Å². The van der Waals surface area contributed by atoms with Gasteiger partial charge in [-0.05, 0) is 88.7 Å². The fraction of sp³-hybridized carbons (Fsp3) is 0.333. The Morgan fingerprint density at radius 1 is 0.925 bits per heavy atom. The van der Waals surface area contributed by atoms with Crippen LogP contribution in [0.5, 0.6) is 5.75 Å². The zero-order chi connectivity index (χ0) is 29.4. The number of anilines is 1. The first-order chi connectivity index (χ1) is 18.9. The molecule has 0 aliphatic heterocycles. The first-order valence-corrected chi connectivity index (χ1v) is 14.9. The first kappa shape index (κ1) is 31.0. The van der Waals surface area contributed by atoms with Crippen molar-refractivity contribution in [3.63, 3.8) is 0 Å². The van der Waals surface area contributed by atoms with Gasteiger partial charge in [0.1, 0.15) is 18.3 Å². The molecule has 0 unspecified atom stereocenters. The van der Waals surface area contributed by atoms with Crippen LogP contribution in [0.2, 0.25) is 5.02 Å². The van der Waals surface area contributed by atoms with Gasteiger partial charge in [-0.15, -0.1) is 0 Å². The van der Waals surface area contributed by atoms with Crippen molar-refractivity contribution in [2.24, 2.45) is 0 Å². The molecule has 2 amide bonds. The summed E-state index contributed by atoms with van der Waals surface area (Å²) >= 11 is 6.04. The van der Waals surface area contributed by atoms with E-state index in [1.54, 1.807) is 67.6 Å². The van der Waals surface area contributed by atoms with Crippen molar-refractivity contribution in [3.8, 4) is 5.75 Å². The summed E-state index contributed by atoms with van der Waals surface area (Å²) in [6.07, 6.45) is 0.